The molecule has 0 atom stereocenters. The Balaban J connectivity index is 0.00000361. The Hall–Kier alpha value is -0.980. The van der Waals surface area contributed by atoms with Gasteiger partial charge in [0.05, 0.1) is 0 Å². The van der Waals surface area contributed by atoms with Gasteiger partial charge in [-0.25, -0.2) is 0 Å². The summed E-state index contributed by atoms with van der Waals surface area (Å²) >= 11 is 0. The number of halogens is 1. The summed E-state index contributed by atoms with van der Waals surface area (Å²) in [6.07, 6.45) is 2.37. The number of rotatable bonds is 7. The molecule has 0 bridgehead atoms. The van der Waals surface area contributed by atoms with Crippen molar-refractivity contribution in [3.05, 3.63) is 30.3 Å². The van der Waals surface area contributed by atoms with Crippen LogP contribution in [0.2, 0.25) is 0 Å². The molecule has 114 valence electrons. The Kier molecular flexibility index (Phi) is 11.2. The molecule has 20 heavy (non-hydrogen) atoms. The second-order valence-electron chi connectivity index (χ2n) is 4.54. The molecule has 0 aliphatic rings. The third-order valence-electron chi connectivity index (χ3n) is 2.98. The zero-order chi connectivity index (χ0) is 13.9. The molecule has 0 radical (unpaired) electrons. The first-order valence-corrected chi connectivity index (χ1v) is 6.98. The van der Waals surface area contributed by atoms with E-state index in [1.807, 2.05) is 13.1 Å². The molecule has 0 aromatic heterocycles. The smallest absolute Gasteiger partial charge is 0.191 e. The lowest BCUT2D eigenvalue weighted by molar-refractivity contribution is 0.724. The highest BCUT2D eigenvalue weighted by Crippen LogP contribution is 2.09. The fourth-order valence-corrected chi connectivity index (χ4v) is 1.76. The fraction of sp³-hybridized carbons (Fsp3) is 0.533. The van der Waals surface area contributed by atoms with Gasteiger partial charge in [0.2, 0.25) is 0 Å². The van der Waals surface area contributed by atoms with Crippen LogP contribution < -0.4 is 15.5 Å². The number of likely N-dealkylation sites (N-methyl/N-ethyl adjacent to an activating group) is 1. The van der Waals surface area contributed by atoms with E-state index in [1.54, 1.807) is 0 Å². The number of nitrogens with one attached hydrogen (secondary N) is 2. The van der Waals surface area contributed by atoms with Crippen LogP contribution >= 0.6 is 24.0 Å². The molecule has 2 N–H and O–H groups in total. The van der Waals surface area contributed by atoms with Gasteiger partial charge in [-0.15, -0.1) is 24.0 Å². The molecule has 1 aromatic rings. The van der Waals surface area contributed by atoms with E-state index in [2.05, 4.69) is 58.8 Å². The second kappa shape index (κ2) is 11.8. The van der Waals surface area contributed by atoms with E-state index in [0.717, 1.165) is 25.6 Å². The number of unbranched alkanes of at least 4 members (excludes halogenated alkanes) is 1. The molecule has 0 aliphatic carbocycles. The van der Waals surface area contributed by atoms with E-state index in [1.165, 1.54) is 18.5 Å². The van der Waals surface area contributed by atoms with Gasteiger partial charge in [-0.2, -0.15) is 0 Å². The Labute approximate surface area is 140 Å². The summed E-state index contributed by atoms with van der Waals surface area (Å²) in [7, 11) is 3.91. The summed E-state index contributed by atoms with van der Waals surface area (Å²) in [4.78, 5) is 6.43. The first-order chi connectivity index (χ1) is 9.27. The van der Waals surface area contributed by atoms with Crippen LogP contribution in [0.1, 0.15) is 19.8 Å². The SMILES string of the molecule is CCCCNC(=NC)NCCN(C)c1ccccc1.I. The molecule has 1 aromatic carbocycles. The Morgan fingerprint density at radius 3 is 2.40 bits per heavy atom. The number of guanidine groups is 1. The molecule has 5 heteroatoms. The minimum atomic E-state index is 0. The summed E-state index contributed by atoms with van der Waals surface area (Å²) in [6, 6.07) is 10.4. The number of nitrogens with zero attached hydrogens (tertiary/aromatic N) is 2. The van der Waals surface area contributed by atoms with Crippen molar-refractivity contribution < 1.29 is 0 Å². The molecule has 0 fully saturated rings. The lowest BCUT2D eigenvalue weighted by atomic mass is 10.3. The van der Waals surface area contributed by atoms with Crippen molar-refractivity contribution in [2.45, 2.75) is 19.8 Å². The van der Waals surface area contributed by atoms with Crippen LogP contribution in [0, 0.1) is 0 Å². The van der Waals surface area contributed by atoms with Crippen molar-refractivity contribution in [3.8, 4) is 0 Å². The minimum absolute atomic E-state index is 0. The van der Waals surface area contributed by atoms with E-state index < -0.39 is 0 Å². The van der Waals surface area contributed by atoms with Crippen LogP contribution in [0.5, 0.6) is 0 Å². The van der Waals surface area contributed by atoms with Crippen LogP contribution in [-0.4, -0.2) is 39.7 Å². The van der Waals surface area contributed by atoms with Gasteiger partial charge in [0.1, 0.15) is 0 Å². The molecule has 0 unspecified atom stereocenters. The molecule has 0 aliphatic heterocycles. The highest BCUT2D eigenvalue weighted by atomic mass is 127. The van der Waals surface area contributed by atoms with Gasteiger partial charge in [0.25, 0.3) is 0 Å². The van der Waals surface area contributed by atoms with Gasteiger partial charge in [-0.1, -0.05) is 31.5 Å². The van der Waals surface area contributed by atoms with Gasteiger partial charge >= 0.3 is 0 Å². The highest BCUT2D eigenvalue weighted by molar-refractivity contribution is 14.0. The minimum Gasteiger partial charge on any atom is -0.373 e. The van der Waals surface area contributed by atoms with E-state index in [9.17, 15) is 0 Å². The van der Waals surface area contributed by atoms with Gasteiger partial charge < -0.3 is 15.5 Å². The maximum absolute atomic E-state index is 4.21. The maximum Gasteiger partial charge on any atom is 0.191 e. The van der Waals surface area contributed by atoms with E-state index in [-0.39, 0.29) is 24.0 Å². The van der Waals surface area contributed by atoms with Crippen LogP contribution in [0.15, 0.2) is 35.3 Å². The largest absolute Gasteiger partial charge is 0.373 e. The van der Waals surface area contributed by atoms with Crippen molar-refractivity contribution in [2.75, 3.05) is 38.6 Å². The Morgan fingerprint density at radius 2 is 1.80 bits per heavy atom. The van der Waals surface area contributed by atoms with Gasteiger partial charge in [-0.05, 0) is 18.6 Å². The molecule has 0 heterocycles. The highest BCUT2D eigenvalue weighted by Gasteiger charge is 2.00. The third-order valence-corrected chi connectivity index (χ3v) is 2.98. The van der Waals surface area contributed by atoms with E-state index in [0.29, 0.717) is 0 Å². The van der Waals surface area contributed by atoms with Gasteiger partial charge in [-0.3, -0.25) is 4.99 Å². The molecule has 4 nitrogen and oxygen atoms in total. The molecule has 0 saturated carbocycles. The molecular formula is C15H27IN4. The maximum atomic E-state index is 4.21. The standard InChI is InChI=1S/C15H26N4.HI/c1-4-5-11-17-15(16-2)18-12-13-19(3)14-9-7-6-8-10-14;/h6-10H,4-5,11-13H2,1-3H3,(H2,16,17,18);1H. The second-order valence-corrected chi connectivity index (χ2v) is 4.54. The summed E-state index contributed by atoms with van der Waals surface area (Å²) in [6.45, 7) is 4.98. The number of para-hydroxylation sites is 1. The predicted molar refractivity (Wildman–Crippen MR) is 99.4 cm³/mol. The van der Waals surface area contributed by atoms with Crippen molar-refractivity contribution in [1.82, 2.24) is 10.6 Å². The van der Waals surface area contributed by atoms with Crippen molar-refractivity contribution in [1.29, 1.82) is 0 Å². The van der Waals surface area contributed by atoms with Crippen LogP contribution in [0.25, 0.3) is 0 Å². The molecular weight excluding hydrogens is 363 g/mol. The number of hydrogen-bond donors (Lipinski definition) is 2. The topological polar surface area (TPSA) is 39.7 Å². The van der Waals surface area contributed by atoms with Crippen LogP contribution in [0.4, 0.5) is 5.69 Å². The average Bonchev–Trinajstić information content (AvgIpc) is 2.46. The fourth-order valence-electron chi connectivity index (χ4n) is 1.76. The van der Waals surface area contributed by atoms with Crippen LogP contribution in [-0.2, 0) is 0 Å². The molecule has 0 amide bonds. The zero-order valence-electron chi connectivity index (χ0n) is 12.7. The Morgan fingerprint density at radius 1 is 1.15 bits per heavy atom. The monoisotopic (exact) mass is 390 g/mol. The van der Waals surface area contributed by atoms with Gasteiger partial charge in [0.15, 0.2) is 5.96 Å². The average molecular weight is 390 g/mol. The number of aliphatic imine (C=N–C) groups is 1. The molecule has 0 spiro atoms. The quantitative estimate of drug-likeness (QED) is 0.326. The summed E-state index contributed by atoms with van der Waals surface area (Å²) in [5.41, 5.74) is 1.23. The third kappa shape index (κ3) is 7.57. The lowest BCUT2D eigenvalue weighted by Crippen LogP contribution is -2.41. The normalized spacial score (nSPS) is 10.7. The number of anilines is 1. The Bertz CT molecular complexity index is 367. The van der Waals surface area contributed by atoms with E-state index in [4.69, 9.17) is 0 Å². The number of benzene rings is 1. The first-order valence-electron chi connectivity index (χ1n) is 6.98. The number of hydrogen-bond acceptors (Lipinski definition) is 2. The first kappa shape index (κ1) is 19.0. The van der Waals surface area contributed by atoms with Gasteiger partial charge in [0, 0.05) is 39.4 Å². The summed E-state index contributed by atoms with van der Waals surface area (Å²) < 4.78 is 0. The summed E-state index contributed by atoms with van der Waals surface area (Å²) in [5.74, 6) is 0.884. The molecule has 0 saturated heterocycles. The lowest BCUT2D eigenvalue weighted by Gasteiger charge is -2.20. The van der Waals surface area contributed by atoms with Crippen LogP contribution in [0.3, 0.4) is 0 Å². The van der Waals surface area contributed by atoms with Crippen molar-refractivity contribution >= 4 is 35.6 Å². The molecule has 1 rings (SSSR count). The zero-order valence-corrected chi connectivity index (χ0v) is 15.1. The van der Waals surface area contributed by atoms with Crippen molar-refractivity contribution in [3.63, 3.8) is 0 Å². The van der Waals surface area contributed by atoms with Crippen molar-refractivity contribution in [2.24, 2.45) is 4.99 Å². The van der Waals surface area contributed by atoms with E-state index >= 15 is 0 Å². The predicted octanol–water partition coefficient (Wildman–Crippen LogP) is 2.71. The summed E-state index contributed by atoms with van der Waals surface area (Å²) in [5, 5.41) is 6.63.